The maximum atomic E-state index is 13.0. The third-order valence-corrected chi connectivity index (χ3v) is 7.16. The Bertz CT molecular complexity index is 1330. The number of hydrazone groups is 1. The molecule has 0 aromatic heterocycles. The number of nitrogens with zero attached hydrogens (tertiary/aromatic N) is 2. The van der Waals surface area contributed by atoms with Gasteiger partial charge in [-0.3, -0.25) is 14.4 Å². The first-order chi connectivity index (χ1) is 17.3. The molecule has 36 heavy (non-hydrogen) atoms. The fraction of sp³-hybridized carbons (Fsp3) is 0.154. The van der Waals surface area contributed by atoms with Crippen molar-refractivity contribution >= 4 is 69.9 Å². The van der Waals surface area contributed by atoms with E-state index in [1.807, 2.05) is 31.2 Å². The van der Waals surface area contributed by atoms with Gasteiger partial charge in [-0.1, -0.05) is 54.4 Å². The van der Waals surface area contributed by atoms with Crippen molar-refractivity contribution in [3.8, 4) is 0 Å². The first-order valence-corrected chi connectivity index (χ1v) is 12.8. The second-order valence-electron chi connectivity index (χ2n) is 7.87. The number of thioether (sulfide) groups is 1. The van der Waals surface area contributed by atoms with Gasteiger partial charge in [-0.25, -0.2) is 0 Å². The minimum Gasteiger partial charge on any atom is -0.322 e. The summed E-state index contributed by atoms with van der Waals surface area (Å²) < 4.78 is 0. The van der Waals surface area contributed by atoms with Gasteiger partial charge in [0.1, 0.15) is 5.84 Å². The predicted molar refractivity (Wildman–Crippen MR) is 145 cm³/mol. The van der Waals surface area contributed by atoms with Crippen LogP contribution in [0.15, 0.2) is 82.8 Å². The fourth-order valence-corrected chi connectivity index (χ4v) is 5.01. The molecule has 3 amide bonds. The van der Waals surface area contributed by atoms with E-state index in [-0.39, 0.29) is 29.2 Å². The molecule has 7 nitrogen and oxygen atoms in total. The van der Waals surface area contributed by atoms with Gasteiger partial charge in [-0.05, 0) is 55.0 Å². The van der Waals surface area contributed by atoms with Gasteiger partial charge >= 0.3 is 0 Å². The summed E-state index contributed by atoms with van der Waals surface area (Å²) >= 11 is 13.4. The second kappa shape index (κ2) is 11.6. The van der Waals surface area contributed by atoms with Crippen LogP contribution >= 0.6 is 35.0 Å². The van der Waals surface area contributed by atoms with Gasteiger partial charge in [0.25, 0.3) is 11.8 Å². The molecular weight excluding hydrogens is 519 g/mol. The van der Waals surface area contributed by atoms with Crippen molar-refractivity contribution in [3.05, 3.63) is 88.4 Å². The van der Waals surface area contributed by atoms with Crippen molar-refractivity contribution in [2.75, 3.05) is 10.3 Å². The van der Waals surface area contributed by atoms with Crippen LogP contribution in [0.3, 0.4) is 0 Å². The molecule has 0 saturated carbocycles. The minimum atomic E-state index is -0.426. The van der Waals surface area contributed by atoms with Gasteiger partial charge < -0.3 is 10.6 Å². The van der Waals surface area contributed by atoms with Crippen molar-refractivity contribution in [2.24, 2.45) is 5.10 Å². The van der Waals surface area contributed by atoms with Crippen LogP contribution in [-0.2, 0) is 9.59 Å². The number of amides is 3. The van der Waals surface area contributed by atoms with Crippen LogP contribution in [0.25, 0.3) is 0 Å². The third kappa shape index (κ3) is 6.26. The Labute approximate surface area is 222 Å². The molecule has 184 valence electrons. The Hall–Kier alpha value is -3.33. The van der Waals surface area contributed by atoms with Gasteiger partial charge in [-0.15, -0.1) is 11.8 Å². The lowest BCUT2D eigenvalue weighted by atomic mass is 10.2. The first kappa shape index (κ1) is 25.8. The molecule has 1 aliphatic heterocycles. The first-order valence-electron chi connectivity index (χ1n) is 11.1. The van der Waals surface area contributed by atoms with Gasteiger partial charge in [0.05, 0.1) is 27.9 Å². The Balaban J connectivity index is 1.40. The molecule has 0 radical (unpaired) electrons. The monoisotopic (exact) mass is 540 g/mol. The van der Waals surface area contributed by atoms with E-state index in [4.69, 9.17) is 23.2 Å². The van der Waals surface area contributed by atoms with E-state index < -0.39 is 5.25 Å². The van der Waals surface area contributed by atoms with Crippen LogP contribution in [-0.4, -0.2) is 28.8 Å². The molecule has 3 aromatic rings. The summed E-state index contributed by atoms with van der Waals surface area (Å²) in [4.78, 5) is 38.8. The van der Waals surface area contributed by atoms with Crippen LogP contribution in [0.1, 0.15) is 30.1 Å². The fourth-order valence-electron chi connectivity index (χ4n) is 3.50. The number of para-hydroxylation sites is 1. The van der Waals surface area contributed by atoms with Crippen molar-refractivity contribution in [3.63, 3.8) is 0 Å². The number of hydrogen-bond donors (Lipinski definition) is 2. The highest BCUT2D eigenvalue weighted by atomic mass is 35.5. The summed E-state index contributed by atoms with van der Waals surface area (Å²) in [7, 11) is 0. The summed E-state index contributed by atoms with van der Waals surface area (Å²) in [6.07, 6.45) is 0.577. The summed E-state index contributed by atoms with van der Waals surface area (Å²) in [6.45, 7) is 1.91. The van der Waals surface area contributed by atoms with Crippen molar-refractivity contribution in [1.82, 2.24) is 5.32 Å². The number of benzene rings is 3. The summed E-state index contributed by atoms with van der Waals surface area (Å²) in [5.41, 5.74) is 1.52. The van der Waals surface area contributed by atoms with E-state index in [0.717, 1.165) is 4.90 Å². The van der Waals surface area contributed by atoms with E-state index in [1.165, 1.54) is 22.8 Å². The van der Waals surface area contributed by atoms with E-state index in [9.17, 15) is 14.4 Å². The van der Waals surface area contributed by atoms with Crippen molar-refractivity contribution < 1.29 is 14.4 Å². The zero-order valence-corrected chi connectivity index (χ0v) is 21.5. The van der Waals surface area contributed by atoms with Crippen LogP contribution in [0.4, 0.5) is 11.4 Å². The molecule has 0 spiro atoms. The zero-order chi connectivity index (χ0) is 25.7. The van der Waals surface area contributed by atoms with Gasteiger partial charge in [-0.2, -0.15) is 10.1 Å². The number of halogens is 2. The Morgan fingerprint density at radius 3 is 2.53 bits per heavy atom. The molecule has 1 heterocycles. The van der Waals surface area contributed by atoms with Gasteiger partial charge in [0.15, 0.2) is 0 Å². The number of hydrogen-bond acceptors (Lipinski definition) is 5. The second-order valence-corrected chi connectivity index (χ2v) is 9.99. The maximum absolute atomic E-state index is 13.0. The van der Waals surface area contributed by atoms with E-state index in [1.54, 1.807) is 42.5 Å². The number of nitrogens with one attached hydrogen (secondary N) is 2. The van der Waals surface area contributed by atoms with Crippen LogP contribution in [0.2, 0.25) is 10.0 Å². The lowest BCUT2D eigenvalue weighted by molar-refractivity contribution is -0.119. The summed E-state index contributed by atoms with van der Waals surface area (Å²) in [5.74, 6) is -0.503. The van der Waals surface area contributed by atoms with Crippen LogP contribution in [0, 0.1) is 0 Å². The number of carbonyl (C=O) groups is 3. The largest absolute Gasteiger partial charge is 0.322 e. The smallest absolute Gasteiger partial charge is 0.257 e. The number of amidine groups is 1. The maximum Gasteiger partial charge on any atom is 0.257 e. The highest BCUT2D eigenvalue weighted by molar-refractivity contribution is 8.00. The molecule has 1 unspecified atom stereocenters. The molecule has 0 bridgehead atoms. The molecule has 2 N–H and O–H groups in total. The van der Waals surface area contributed by atoms with Crippen LogP contribution in [0.5, 0.6) is 0 Å². The van der Waals surface area contributed by atoms with E-state index >= 15 is 0 Å². The topological polar surface area (TPSA) is 90.9 Å². The standard InChI is InChI=1S/C26H22Cl2N4O3S/c1-2-22(26(35)30-23-15-24(33)32(31-23)18-8-4-3-5-9-18)36-19-10-6-7-17(14-19)29-25(34)20-12-11-16(27)13-21(20)28/h3-14,22H,2,15H2,1H3,(H,29,34)(H,30,31,35). The Morgan fingerprint density at radius 2 is 1.81 bits per heavy atom. The van der Waals surface area contributed by atoms with Gasteiger partial charge in [0.2, 0.25) is 5.91 Å². The van der Waals surface area contributed by atoms with E-state index in [0.29, 0.717) is 34.2 Å². The molecule has 0 aliphatic carbocycles. The molecular formula is C26H22Cl2N4O3S. The predicted octanol–water partition coefficient (Wildman–Crippen LogP) is 5.98. The van der Waals surface area contributed by atoms with E-state index in [2.05, 4.69) is 15.7 Å². The Kier molecular flexibility index (Phi) is 8.30. The number of anilines is 2. The highest BCUT2D eigenvalue weighted by Gasteiger charge is 2.28. The lowest BCUT2D eigenvalue weighted by Crippen LogP contribution is -2.36. The van der Waals surface area contributed by atoms with Crippen molar-refractivity contribution in [2.45, 2.75) is 29.9 Å². The minimum absolute atomic E-state index is 0.0243. The number of carbonyl (C=O) groups excluding carboxylic acids is 3. The average molecular weight is 541 g/mol. The van der Waals surface area contributed by atoms with Crippen LogP contribution < -0.4 is 15.6 Å². The highest BCUT2D eigenvalue weighted by Crippen LogP contribution is 2.29. The SMILES string of the molecule is CCC(Sc1cccc(NC(=O)c2ccc(Cl)cc2Cl)c1)C(=O)NC1=NN(c2ccccc2)C(=O)C1. The zero-order valence-electron chi connectivity index (χ0n) is 19.2. The Morgan fingerprint density at radius 1 is 1.03 bits per heavy atom. The molecule has 4 rings (SSSR count). The lowest BCUT2D eigenvalue weighted by Gasteiger charge is -2.15. The quantitative estimate of drug-likeness (QED) is 0.360. The van der Waals surface area contributed by atoms with Gasteiger partial charge in [0, 0.05) is 15.6 Å². The normalized spacial score (nSPS) is 13.8. The average Bonchev–Trinajstić information content (AvgIpc) is 3.22. The molecule has 1 aliphatic rings. The molecule has 10 heteroatoms. The summed E-state index contributed by atoms with van der Waals surface area (Å²) in [5, 5.41) is 11.5. The molecule has 0 saturated heterocycles. The number of rotatable bonds is 7. The third-order valence-electron chi connectivity index (χ3n) is 5.25. The molecule has 3 aromatic carbocycles. The summed E-state index contributed by atoms with van der Waals surface area (Å²) in [6, 6.07) is 20.9. The molecule has 1 atom stereocenters. The molecule has 0 fully saturated rings. The van der Waals surface area contributed by atoms with Crippen molar-refractivity contribution in [1.29, 1.82) is 0 Å².